The minimum absolute atomic E-state index is 1.01. The third-order valence-electron chi connectivity index (χ3n) is 2.69. The molecule has 0 aliphatic rings. The Morgan fingerprint density at radius 1 is 0.500 bits per heavy atom. The van der Waals surface area contributed by atoms with E-state index in [1.807, 2.05) is 0 Å². The molecule has 0 fully saturated rings. The zero-order valence-corrected chi connectivity index (χ0v) is 10.7. The van der Waals surface area contributed by atoms with E-state index in [0.717, 1.165) is 6.92 Å². The molecular formula is C9H5F14O. The number of halogens is 14. The average Bonchev–Trinajstić information content (AvgIpc) is 2.36. The van der Waals surface area contributed by atoms with Crippen LogP contribution < -0.4 is 0 Å². The Morgan fingerprint density at radius 3 is 1.00 bits per heavy atom. The maximum Gasteiger partial charge on any atom is 0.384 e. The second-order valence-corrected chi connectivity index (χ2v) is 4.44. The molecule has 0 saturated heterocycles. The number of hydrogen-bond donors (Lipinski definition) is 1. The quantitative estimate of drug-likeness (QED) is 0.639. The van der Waals surface area contributed by atoms with Gasteiger partial charge >= 0.3 is 41.5 Å². The van der Waals surface area contributed by atoms with Crippen molar-refractivity contribution in [1.82, 2.24) is 0 Å². The summed E-state index contributed by atoms with van der Waals surface area (Å²) in [6.07, 6.45) is 0. The van der Waals surface area contributed by atoms with E-state index in [2.05, 4.69) is 0 Å². The topological polar surface area (TPSA) is 20.2 Å². The summed E-state index contributed by atoms with van der Waals surface area (Å²) in [6.45, 7) is -2.26. The number of hydrogen-bond acceptors (Lipinski definition) is 1. The van der Waals surface area contributed by atoms with E-state index in [1.165, 1.54) is 0 Å². The first kappa shape index (κ1) is 23.0. The van der Waals surface area contributed by atoms with Gasteiger partial charge in [0, 0.05) is 6.92 Å². The highest BCUT2D eigenvalue weighted by Gasteiger charge is 2.92. The monoisotopic (exact) mass is 395 g/mol. The number of aliphatic hydroxyl groups excluding tert-OH is 1. The summed E-state index contributed by atoms with van der Waals surface area (Å²) < 4.78 is 178. The molecule has 0 aromatic carbocycles. The molecule has 0 bridgehead atoms. The van der Waals surface area contributed by atoms with E-state index >= 15 is 0 Å². The normalized spacial score (nSPS) is 16.5. The highest BCUT2D eigenvalue weighted by molar-refractivity contribution is 5.14. The molecule has 0 heterocycles. The van der Waals surface area contributed by atoms with Crippen molar-refractivity contribution in [2.75, 3.05) is 6.61 Å². The van der Waals surface area contributed by atoms with E-state index in [1.54, 1.807) is 0 Å². The Kier molecular flexibility index (Phi) is 5.26. The molecule has 0 aromatic rings. The van der Waals surface area contributed by atoms with Gasteiger partial charge in [-0.1, -0.05) is 0 Å². The molecule has 24 heavy (non-hydrogen) atoms. The predicted octanol–water partition coefficient (Wildman–Crippen LogP) is 4.26. The second-order valence-electron chi connectivity index (χ2n) is 4.44. The summed E-state index contributed by atoms with van der Waals surface area (Å²) in [5.74, 6) is -51.8. The van der Waals surface area contributed by atoms with Crippen molar-refractivity contribution in [1.29, 1.82) is 0 Å². The maximum atomic E-state index is 12.9. The van der Waals surface area contributed by atoms with Gasteiger partial charge in [0.2, 0.25) is 0 Å². The van der Waals surface area contributed by atoms with Gasteiger partial charge in [0.25, 0.3) is 0 Å². The number of alkyl halides is 14. The van der Waals surface area contributed by atoms with Gasteiger partial charge in [-0.15, -0.1) is 0 Å². The van der Waals surface area contributed by atoms with E-state index < -0.39 is 48.1 Å². The molecule has 0 aliphatic heterocycles. The largest absolute Gasteiger partial charge is 0.390 e. The van der Waals surface area contributed by atoms with Crippen molar-refractivity contribution in [3.8, 4) is 0 Å². The first-order chi connectivity index (χ1) is 10.1. The van der Waals surface area contributed by atoms with Gasteiger partial charge in [-0.3, -0.25) is 0 Å². The van der Waals surface area contributed by atoms with Gasteiger partial charge in [0.05, 0.1) is 0 Å². The summed E-state index contributed by atoms with van der Waals surface area (Å²) in [5.41, 5.74) is 0. The smallest absolute Gasteiger partial charge is 0.384 e. The van der Waals surface area contributed by atoms with Gasteiger partial charge in [-0.25, -0.2) is 0 Å². The van der Waals surface area contributed by atoms with Crippen LogP contribution in [0.15, 0.2) is 0 Å². The molecule has 0 atom stereocenters. The summed E-state index contributed by atoms with van der Waals surface area (Å²) >= 11 is 0. The Bertz CT molecular complexity index is 461. The predicted molar refractivity (Wildman–Crippen MR) is 47.1 cm³/mol. The minimum atomic E-state index is -8.10. The van der Waals surface area contributed by atoms with Gasteiger partial charge in [-0.05, 0) is 0 Å². The lowest BCUT2D eigenvalue weighted by atomic mass is 9.90. The van der Waals surface area contributed by atoms with E-state index in [4.69, 9.17) is 5.11 Å². The molecule has 1 nitrogen and oxygen atoms in total. The highest BCUT2D eigenvalue weighted by Crippen LogP contribution is 2.61. The molecule has 0 amide bonds. The van der Waals surface area contributed by atoms with Crippen LogP contribution in [0.2, 0.25) is 0 Å². The van der Waals surface area contributed by atoms with Crippen molar-refractivity contribution in [2.45, 2.75) is 41.5 Å². The van der Waals surface area contributed by atoms with Crippen molar-refractivity contribution in [3.63, 3.8) is 0 Å². The zero-order chi connectivity index (χ0) is 20.2. The zero-order valence-electron chi connectivity index (χ0n) is 10.7. The van der Waals surface area contributed by atoms with Crippen molar-refractivity contribution < 1.29 is 66.6 Å². The second kappa shape index (κ2) is 5.49. The standard InChI is InChI=1S/C9H5F14O/c1-3(10,11)5(14,15)7(18,19)9(22,23)8(20,21)6(16,17)4(12,13)2-24/h24H,1-2H2. The summed E-state index contributed by atoms with van der Waals surface area (Å²) in [6, 6.07) is 0. The molecule has 145 valence electrons. The van der Waals surface area contributed by atoms with E-state index in [9.17, 15) is 61.5 Å². The van der Waals surface area contributed by atoms with E-state index in [-0.39, 0.29) is 0 Å². The van der Waals surface area contributed by atoms with Crippen LogP contribution >= 0.6 is 0 Å². The molecular weight excluding hydrogens is 390 g/mol. The van der Waals surface area contributed by atoms with Crippen LogP contribution in [0.25, 0.3) is 0 Å². The van der Waals surface area contributed by atoms with Crippen LogP contribution in [0, 0.1) is 6.92 Å². The molecule has 1 radical (unpaired) electrons. The SMILES string of the molecule is [CH2]C(F)(F)C(F)(F)C(F)(F)C(F)(F)C(F)(F)C(F)(F)C(F)(F)CO. The van der Waals surface area contributed by atoms with Gasteiger partial charge in [0.1, 0.15) is 6.61 Å². The van der Waals surface area contributed by atoms with Gasteiger partial charge in [-0.2, -0.15) is 61.5 Å². The van der Waals surface area contributed by atoms with E-state index in [0.29, 0.717) is 0 Å². The Morgan fingerprint density at radius 2 is 0.750 bits per heavy atom. The van der Waals surface area contributed by atoms with Crippen LogP contribution in [-0.4, -0.2) is 53.2 Å². The fourth-order valence-corrected chi connectivity index (χ4v) is 1.15. The fraction of sp³-hybridized carbons (Fsp3) is 0.889. The summed E-state index contributed by atoms with van der Waals surface area (Å²) in [5, 5.41) is 7.78. The first-order valence-corrected chi connectivity index (χ1v) is 5.17. The molecule has 0 rings (SSSR count). The van der Waals surface area contributed by atoms with Crippen LogP contribution in [0.5, 0.6) is 0 Å². The van der Waals surface area contributed by atoms with Crippen LogP contribution in [0.4, 0.5) is 61.5 Å². The molecule has 0 unspecified atom stereocenters. The summed E-state index contributed by atoms with van der Waals surface area (Å²) in [7, 11) is 0. The maximum absolute atomic E-state index is 12.9. The molecule has 0 saturated carbocycles. The Hall–Kier alpha value is -1.02. The van der Waals surface area contributed by atoms with Crippen LogP contribution in [0.1, 0.15) is 0 Å². The van der Waals surface area contributed by atoms with Crippen LogP contribution in [0.3, 0.4) is 0 Å². The highest BCUT2D eigenvalue weighted by atomic mass is 19.4. The van der Waals surface area contributed by atoms with Crippen molar-refractivity contribution >= 4 is 0 Å². The fourth-order valence-electron chi connectivity index (χ4n) is 1.15. The lowest BCUT2D eigenvalue weighted by Gasteiger charge is -2.41. The third-order valence-corrected chi connectivity index (χ3v) is 2.69. The molecule has 0 spiro atoms. The van der Waals surface area contributed by atoms with Gasteiger partial charge < -0.3 is 5.11 Å². The summed E-state index contributed by atoms with van der Waals surface area (Å²) in [4.78, 5) is 0. The Labute approximate surface area is 123 Å². The molecule has 15 heteroatoms. The first-order valence-electron chi connectivity index (χ1n) is 5.17. The lowest BCUT2D eigenvalue weighted by Crippen LogP contribution is -2.73. The lowest BCUT2D eigenvalue weighted by molar-refractivity contribution is -0.439. The third kappa shape index (κ3) is 2.67. The Balaban J connectivity index is 6.42. The molecule has 0 aliphatic carbocycles. The van der Waals surface area contributed by atoms with Gasteiger partial charge in [0.15, 0.2) is 0 Å². The van der Waals surface area contributed by atoms with Crippen LogP contribution in [-0.2, 0) is 0 Å². The average molecular weight is 395 g/mol. The van der Waals surface area contributed by atoms with Crippen molar-refractivity contribution in [2.24, 2.45) is 0 Å². The number of rotatable bonds is 7. The minimum Gasteiger partial charge on any atom is -0.390 e. The number of aliphatic hydroxyl groups is 1. The molecule has 1 N–H and O–H groups in total. The van der Waals surface area contributed by atoms with Crippen molar-refractivity contribution in [3.05, 3.63) is 6.92 Å². The molecule has 0 aromatic heterocycles.